The molecule has 0 atom stereocenters. The number of hydrogen-bond donors (Lipinski definition) is 2. The van der Waals surface area contributed by atoms with Crippen LogP contribution >= 0.6 is 0 Å². The average Bonchev–Trinajstić information content (AvgIpc) is 2.67. The normalized spacial score (nSPS) is 16.4. The molecule has 1 heterocycles. The first-order chi connectivity index (χ1) is 13.2. The first kappa shape index (κ1) is 19.4. The maximum Gasteiger partial charge on any atom is 0.193 e. The Morgan fingerprint density at radius 2 is 1.74 bits per heavy atom. The third-order valence-electron chi connectivity index (χ3n) is 4.92. The molecule has 3 rings (SSSR count). The molecule has 0 aliphatic carbocycles. The molecule has 2 aromatic carbocycles. The third kappa shape index (κ3) is 6.70. The molecule has 1 saturated heterocycles. The fourth-order valence-electron chi connectivity index (χ4n) is 3.42. The van der Waals surface area contributed by atoms with Crippen molar-refractivity contribution in [1.82, 2.24) is 9.80 Å². The largest absolute Gasteiger partial charge is 0.370 e. The molecule has 0 aromatic heterocycles. The van der Waals surface area contributed by atoms with Gasteiger partial charge in [-0.25, -0.2) is 0 Å². The second-order valence-electron chi connectivity index (χ2n) is 7.22. The lowest BCUT2D eigenvalue weighted by atomic mass is 10.2. The number of anilines is 1. The molecule has 0 radical (unpaired) electrons. The van der Waals surface area contributed by atoms with Gasteiger partial charge >= 0.3 is 0 Å². The van der Waals surface area contributed by atoms with Crippen molar-refractivity contribution < 1.29 is 0 Å². The smallest absolute Gasteiger partial charge is 0.193 e. The summed E-state index contributed by atoms with van der Waals surface area (Å²) in [5.74, 6) is 0.494. The molecule has 0 spiro atoms. The molecule has 5 heteroatoms. The quantitative estimate of drug-likeness (QED) is 0.450. The van der Waals surface area contributed by atoms with Gasteiger partial charge in [0.1, 0.15) is 0 Å². The van der Waals surface area contributed by atoms with Crippen molar-refractivity contribution in [3.05, 3.63) is 65.7 Å². The summed E-state index contributed by atoms with van der Waals surface area (Å²) in [6.45, 7) is 9.50. The van der Waals surface area contributed by atoms with Gasteiger partial charge in [0.05, 0.1) is 0 Å². The number of nitrogens with two attached hydrogens (primary N) is 1. The van der Waals surface area contributed by atoms with Crippen LogP contribution in [0.5, 0.6) is 0 Å². The van der Waals surface area contributed by atoms with Gasteiger partial charge in [-0.2, -0.15) is 0 Å². The van der Waals surface area contributed by atoms with Crippen LogP contribution in [0.2, 0.25) is 0 Å². The van der Waals surface area contributed by atoms with Gasteiger partial charge in [-0.1, -0.05) is 42.5 Å². The molecule has 2 aromatic rings. The van der Waals surface area contributed by atoms with Crippen LogP contribution < -0.4 is 11.1 Å². The lowest BCUT2D eigenvalue weighted by Gasteiger charge is -2.34. The van der Waals surface area contributed by atoms with Crippen molar-refractivity contribution >= 4 is 11.6 Å². The van der Waals surface area contributed by atoms with Gasteiger partial charge in [-0.3, -0.25) is 9.89 Å². The molecule has 5 nitrogen and oxygen atoms in total. The van der Waals surface area contributed by atoms with Crippen molar-refractivity contribution in [2.45, 2.75) is 19.9 Å². The minimum atomic E-state index is 0.494. The highest BCUT2D eigenvalue weighted by atomic mass is 15.3. The summed E-state index contributed by atoms with van der Waals surface area (Å²) < 4.78 is 0. The Hall–Kier alpha value is -2.37. The molecular formula is C22H31N5. The van der Waals surface area contributed by atoms with Crippen molar-refractivity contribution in [1.29, 1.82) is 0 Å². The minimum absolute atomic E-state index is 0.494. The minimum Gasteiger partial charge on any atom is -0.370 e. The van der Waals surface area contributed by atoms with Crippen LogP contribution in [0, 0.1) is 6.92 Å². The Labute approximate surface area is 162 Å². The van der Waals surface area contributed by atoms with Gasteiger partial charge in [0.2, 0.25) is 0 Å². The van der Waals surface area contributed by atoms with E-state index in [1.165, 1.54) is 11.1 Å². The van der Waals surface area contributed by atoms with Crippen LogP contribution in [-0.4, -0.2) is 55.0 Å². The van der Waals surface area contributed by atoms with Gasteiger partial charge in [-0.15, -0.1) is 0 Å². The molecule has 0 bridgehead atoms. The average molecular weight is 366 g/mol. The standard InChI is InChI=1S/C22H31N5/c1-19-7-5-10-21(17-19)25-22(23)24-11-6-12-26-13-15-27(16-14-26)18-20-8-3-2-4-9-20/h2-5,7-10,17H,6,11-16,18H2,1H3,(H3,23,24,25). The summed E-state index contributed by atoms with van der Waals surface area (Å²) in [5, 5.41) is 3.16. The van der Waals surface area contributed by atoms with E-state index in [9.17, 15) is 0 Å². The number of nitrogens with one attached hydrogen (secondary N) is 1. The summed E-state index contributed by atoms with van der Waals surface area (Å²) in [4.78, 5) is 9.51. The van der Waals surface area contributed by atoms with Gasteiger partial charge in [0, 0.05) is 51.5 Å². The second-order valence-corrected chi connectivity index (χ2v) is 7.22. The van der Waals surface area contributed by atoms with E-state index in [1.54, 1.807) is 0 Å². The first-order valence-electron chi connectivity index (χ1n) is 9.81. The number of benzene rings is 2. The van der Waals surface area contributed by atoms with Crippen molar-refractivity contribution in [2.24, 2.45) is 10.7 Å². The van der Waals surface area contributed by atoms with Crippen molar-refractivity contribution in [2.75, 3.05) is 44.6 Å². The first-order valence-corrected chi connectivity index (χ1v) is 9.81. The summed E-state index contributed by atoms with van der Waals surface area (Å²) >= 11 is 0. The van der Waals surface area contributed by atoms with Crippen LogP contribution in [0.4, 0.5) is 5.69 Å². The number of guanidine groups is 1. The fraction of sp³-hybridized carbons (Fsp3) is 0.409. The zero-order chi connectivity index (χ0) is 18.9. The lowest BCUT2D eigenvalue weighted by Crippen LogP contribution is -2.46. The molecule has 1 fully saturated rings. The summed E-state index contributed by atoms with van der Waals surface area (Å²) in [6, 6.07) is 18.9. The zero-order valence-electron chi connectivity index (χ0n) is 16.3. The lowest BCUT2D eigenvalue weighted by molar-refractivity contribution is 0.127. The molecule has 1 aliphatic heterocycles. The SMILES string of the molecule is Cc1cccc(NC(N)=NCCCN2CCN(Cc3ccccc3)CC2)c1. The van der Waals surface area contributed by atoms with Crippen LogP contribution in [0.15, 0.2) is 59.6 Å². The fourth-order valence-corrected chi connectivity index (χ4v) is 3.42. The van der Waals surface area contributed by atoms with Gasteiger partial charge in [-0.05, 0) is 36.6 Å². The van der Waals surface area contributed by atoms with Gasteiger partial charge < -0.3 is 16.0 Å². The Bertz CT molecular complexity index is 720. The highest BCUT2D eigenvalue weighted by Gasteiger charge is 2.16. The van der Waals surface area contributed by atoms with E-state index in [0.717, 1.165) is 57.9 Å². The molecule has 0 saturated carbocycles. The number of hydrogen-bond acceptors (Lipinski definition) is 3. The van der Waals surface area contributed by atoms with E-state index < -0.39 is 0 Å². The second kappa shape index (κ2) is 10.1. The molecule has 0 unspecified atom stereocenters. The van der Waals surface area contributed by atoms with E-state index >= 15 is 0 Å². The monoisotopic (exact) mass is 365 g/mol. The van der Waals surface area contributed by atoms with Crippen LogP contribution in [0.1, 0.15) is 17.5 Å². The number of nitrogens with zero attached hydrogens (tertiary/aromatic N) is 3. The number of piperazine rings is 1. The van der Waals surface area contributed by atoms with Crippen molar-refractivity contribution in [3.63, 3.8) is 0 Å². The van der Waals surface area contributed by atoms with E-state index in [0.29, 0.717) is 5.96 Å². The summed E-state index contributed by atoms with van der Waals surface area (Å²) in [5.41, 5.74) is 9.58. The summed E-state index contributed by atoms with van der Waals surface area (Å²) in [7, 11) is 0. The maximum absolute atomic E-state index is 5.99. The molecular weight excluding hydrogens is 334 g/mol. The number of aryl methyl sites for hydroxylation is 1. The van der Waals surface area contributed by atoms with E-state index in [4.69, 9.17) is 5.73 Å². The van der Waals surface area contributed by atoms with Crippen LogP contribution in [0.25, 0.3) is 0 Å². The van der Waals surface area contributed by atoms with E-state index in [-0.39, 0.29) is 0 Å². The Morgan fingerprint density at radius 3 is 2.48 bits per heavy atom. The van der Waals surface area contributed by atoms with Crippen LogP contribution in [-0.2, 0) is 6.54 Å². The Balaban J connectivity index is 1.32. The highest BCUT2D eigenvalue weighted by Crippen LogP contribution is 2.10. The number of aliphatic imine (C=N–C) groups is 1. The van der Waals surface area contributed by atoms with Gasteiger partial charge in [0.15, 0.2) is 5.96 Å². The van der Waals surface area contributed by atoms with E-state index in [1.807, 2.05) is 12.1 Å². The topological polar surface area (TPSA) is 56.9 Å². The molecule has 3 N–H and O–H groups in total. The highest BCUT2D eigenvalue weighted by molar-refractivity contribution is 5.92. The molecule has 1 aliphatic rings. The molecule has 144 valence electrons. The van der Waals surface area contributed by atoms with Crippen molar-refractivity contribution in [3.8, 4) is 0 Å². The van der Waals surface area contributed by atoms with Gasteiger partial charge in [0.25, 0.3) is 0 Å². The zero-order valence-corrected chi connectivity index (χ0v) is 16.3. The third-order valence-corrected chi connectivity index (χ3v) is 4.92. The Kier molecular flexibility index (Phi) is 7.25. The molecule has 0 amide bonds. The number of rotatable bonds is 7. The predicted molar refractivity (Wildman–Crippen MR) is 114 cm³/mol. The molecule has 27 heavy (non-hydrogen) atoms. The Morgan fingerprint density at radius 1 is 1.00 bits per heavy atom. The predicted octanol–water partition coefficient (Wildman–Crippen LogP) is 2.93. The summed E-state index contributed by atoms with van der Waals surface area (Å²) in [6.07, 6.45) is 1.04. The van der Waals surface area contributed by atoms with Crippen LogP contribution in [0.3, 0.4) is 0 Å². The van der Waals surface area contributed by atoms with E-state index in [2.05, 4.69) is 69.5 Å². The maximum atomic E-state index is 5.99.